The number of hydrogen-bond acceptors (Lipinski definition) is 4. The van der Waals surface area contributed by atoms with Crippen molar-refractivity contribution < 1.29 is 9.90 Å². The van der Waals surface area contributed by atoms with Crippen molar-refractivity contribution in [3.63, 3.8) is 0 Å². The van der Waals surface area contributed by atoms with E-state index in [1.165, 1.54) is 12.4 Å². The topological polar surface area (TPSA) is 75.1 Å². The maximum Gasteiger partial charge on any atom is 0.356 e. The highest BCUT2D eigenvalue weighted by atomic mass is 16.4. The molecule has 1 aromatic rings. The summed E-state index contributed by atoms with van der Waals surface area (Å²) in [7, 11) is 0. The molecule has 0 spiro atoms. The largest absolute Gasteiger partial charge is 0.476 e. The summed E-state index contributed by atoms with van der Waals surface area (Å²) in [5.41, 5.74) is -0.0379. The first kappa shape index (κ1) is 11.4. The van der Waals surface area contributed by atoms with Crippen LogP contribution in [0.1, 0.15) is 30.8 Å². The number of rotatable bonds is 5. The van der Waals surface area contributed by atoms with E-state index in [1.54, 1.807) is 0 Å². The fourth-order valence-corrected chi connectivity index (χ4v) is 0.953. The third-order valence-corrected chi connectivity index (χ3v) is 2.20. The van der Waals surface area contributed by atoms with Crippen molar-refractivity contribution in [2.24, 2.45) is 5.92 Å². The van der Waals surface area contributed by atoms with Crippen LogP contribution in [0, 0.1) is 5.92 Å². The Labute approximate surface area is 88.6 Å². The molecule has 1 atom stereocenters. The summed E-state index contributed by atoms with van der Waals surface area (Å²) >= 11 is 0. The van der Waals surface area contributed by atoms with Crippen molar-refractivity contribution in [1.29, 1.82) is 0 Å². The first-order valence-electron chi connectivity index (χ1n) is 4.92. The van der Waals surface area contributed by atoms with Crippen LogP contribution in [-0.2, 0) is 0 Å². The van der Waals surface area contributed by atoms with E-state index < -0.39 is 5.97 Å². The molecule has 1 aromatic heterocycles. The van der Waals surface area contributed by atoms with Crippen LogP contribution in [0.4, 0.5) is 5.82 Å². The van der Waals surface area contributed by atoms with E-state index in [0.717, 1.165) is 13.0 Å². The lowest BCUT2D eigenvalue weighted by Gasteiger charge is -2.09. The number of carboxylic acids is 1. The van der Waals surface area contributed by atoms with E-state index in [9.17, 15) is 4.79 Å². The van der Waals surface area contributed by atoms with Crippen LogP contribution in [0.2, 0.25) is 0 Å². The summed E-state index contributed by atoms with van der Waals surface area (Å²) in [4.78, 5) is 18.2. The molecule has 0 aliphatic carbocycles. The lowest BCUT2D eigenvalue weighted by molar-refractivity contribution is 0.0690. The number of hydrogen-bond donors (Lipinski definition) is 2. The van der Waals surface area contributed by atoms with Crippen LogP contribution in [0.15, 0.2) is 12.4 Å². The van der Waals surface area contributed by atoms with Gasteiger partial charge in [-0.1, -0.05) is 20.3 Å². The predicted octanol–water partition coefficient (Wildman–Crippen LogP) is 1.63. The Morgan fingerprint density at radius 1 is 1.53 bits per heavy atom. The van der Waals surface area contributed by atoms with Gasteiger partial charge >= 0.3 is 5.97 Å². The van der Waals surface area contributed by atoms with Gasteiger partial charge in [-0.05, 0) is 5.92 Å². The third-order valence-electron chi connectivity index (χ3n) is 2.20. The van der Waals surface area contributed by atoms with Crippen molar-refractivity contribution in [3.05, 3.63) is 18.1 Å². The lowest BCUT2D eigenvalue weighted by Crippen LogP contribution is -2.12. The second-order valence-corrected chi connectivity index (χ2v) is 3.49. The highest BCUT2D eigenvalue weighted by Crippen LogP contribution is 2.05. The molecule has 0 saturated heterocycles. The molecule has 0 aliphatic heterocycles. The zero-order chi connectivity index (χ0) is 11.3. The van der Waals surface area contributed by atoms with Gasteiger partial charge in [-0.3, -0.25) is 0 Å². The van der Waals surface area contributed by atoms with Crippen LogP contribution in [0.3, 0.4) is 0 Å². The van der Waals surface area contributed by atoms with Gasteiger partial charge in [-0.15, -0.1) is 0 Å². The highest BCUT2D eigenvalue weighted by molar-refractivity contribution is 5.84. The van der Waals surface area contributed by atoms with E-state index in [2.05, 4.69) is 29.1 Å². The number of anilines is 1. The zero-order valence-corrected chi connectivity index (χ0v) is 8.90. The molecule has 82 valence electrons. The number of aromatic nitrogens is 2. The summed E-state index contributed by atoms with van der Waals surface area (Å²) in [6.45, 7) is 5.06. The fraction of sp³-hybridized carbons (Fsp3) is 0.500. The van der Waals surface area contributed by atoms with Crippen molar-refractivity contribution in [2.75, 3.05) is 11.9 Å². The van der Waals surface area contributed by atoms with E-state index in [1.807, 2.05) is 0 Å². The molecule has 0 fully saturated rings. The Hall–Kier alpha value is -1.65. The van der Waals surface area contributed by atoms with Gasteiger partial charge in [0.25, 0.3) is 0 Å². The SMILES string of the molecule is CCC(C)CNc1cnc(C(=O)O)cn1. The molecule has 1 rings (SSSR count). The molecule has 0 aliphatic rings. The van der Waals surface area contributed by atoms with Crippen LogP contribution < -0.4 is 5.32 Å². The van der Waals surface area contributed by atoms with Gasteiger partial charge in [0.05, 0.1) is 12.4 Å². The zero-order valence-electron chi connectivity index (χ0n) is 8.90. The summed E-state index contributed by atoms with van der Waals surface area (Å²) in [6.07, 6.45) is 3.78. The molecule has 0 bridgehead atoms. The van der Waals surface area contributed by atoms with E-state index >= 15 is 0 Å². The van der Waals surface area contributed by atoms with Gasteiger partial charge in [-0.2, -0.15) is 0 Å². The van der Waals surface area contributed by atoms with Crippen LogP contribution in [0.25, 0.3) is 0 Å². The number of carboxylic acid groups (broad SMARTS) is 1. The fourth-order valence-electron chi connectivity index (χ4n) is 0.953. The number of nitrogens with one attached hydrogen (secondary N) is 1. The Balaban J connectivity index is 2.53. The maximum absolute atomic E-state index is 10.5. The van der Waals surface area contributed by atoms with E-state index in [0.29, 0.717) is 11.7 Å². The summed E-state index contributed by atoms with van der Waals surface area (Å²) in [5, 5.41) is 11.7. The van der Waals surface area contributed by atoms with Gasteiger partial charge in [-0.25, -0.2) is 14.8 Å². The second-order valence-electron chi connectivity index (χ2n) is 3.49. The first-order chi connectivity index (χ1) is 7.13. The van der Waals surface area contributed by atoms with Gasteiger partial charge in [0.15, 0.2) is 5.69 Å². The standard InChI is InChI=1S/C10H15N3O2/c1-3-7(2)4-12-9-6-11-8(5-13-9)10(14)15/h5-7H,3-4H2,1-2H3,(H,12,13)(H,14,15). The van der Waals surface area contributed by atoms with Gasteiger partial charge in [0.2, 0.25) is 0 Å². The normalized spacial score (nSPS) is 12.1. The number of carbonyl (C=O) groups is 1. The second kappa shape index (κ2) is 5.29. The monoisotopic (exact) mass is 209 g/mol. The van der Waals surface area contributed by atoms with Crippen LogP contribution >= 0.6 is 0 Å². The van der Waals surface area contributed by atoms with Crippen LogP contribution in [-0.4, -0.2) is 27.6 Å². The molecule has 15 heavy (non-hydrogen) atoms. The molecule has 0 aromatic carbocycles. The molecule has 5 nitrogen and oxygen atoms in total. The Morgan fingerprint density at radius 3 is 2.73 bits per heavy atom. The maximum atomic E-state index is 10.5. The molecule has 5 heteroatoms. The Kier molecular flexibility index (Phi) is 4.03. The molecule has 0 amide bonds. The minimum Gasteiger partial charge on any atom is -0.476 e. The Morgan fingerprint density at radius 2 is 2.27 bits per heavy atom. The van der Waals surface area contributed by atoms with Crippen molar-refractivity contribution in [1.82, 2.24) is 9.97 Å². The summed E-state index contributed by atoms with van der Waals surface area (Å²) in [5.74, 6) is 0.113. The molecular formula is C10H15N3O2. The van der Waals surface area contributed by atoms with Gasteiger partial charge in [0.1, 0.15) is 5.82 Å². The average molecular weight is 209 g/mol. The first-order valence-corrected chi connectivity index (χ1v) is 4.92. The van der Waals surface area contributed by atoms with E-state index in [4.69, 9.17) is 5.11 Å². The predicted molar refractivity (Wildman–Crippen MR) is 56.9 cm³/mol. The van der Waals surface area contributed by atoms with Crippen molar-refractivity contribution in [3.8, 4) is 0 Å². The molecule has 0 radical (unpaired) electrons. The molecule has 0 saturated carbocycles. The molecule has 1 unspecified atom stereocenters. The summed E-state index contributed by atoms with van der Waals surface area (Å²) in [6, 6.07) is 0. The third kappa shape index (κ3) is 3.53. The molecule has 2 N–H and O–H groups in total. The molecule has 1 heterocycles. The van der Waals surface area contributed by atoms with Gasteiger partial charge in [0, 0.05) is 6.54 Å². The summed E-state index contributed by atoms with van der Waals surface area (Å²) < 4.78 is 0. The van der Waals surface area contributed by atoms with Crippen molar-refractivity contribution in [2.45, 2.75) is 20.3 Å². The van der Waals surface area contributed by atoms with Crippen molar-refractivity contribution >= 4 is 11.8 Å². The average Bonchev–Trinajstić information content (AvgIpc) is 2.26. The molecular weight excluding hydrogens is 194 g/mol. The van der Waals surface area contributed by atoms with Gasteiger partial charge < -0.3 is 10.4 Å². The van der Waals surface area contributed by atoms with E-state index in [-0.39, 0.29) is 5.69 Å². The quantitative estimate of drug-likeness (QED) is 0.770. The number of nitrogens with zero attached hydrogens (tertiary/aromatic N) is 2. The minimum absolute atomic E-state index is 0.0379. The Bertz CT molecular complexity index is 324. The minimum atomic E-state index is -1.06. The lowest BCUT2D eigenvalue weighted by atomic mass is 10.1. The number of aromatic carboxylic acids is 1. The highest BCUT2D eigenvalue weighted by Gasteiger charge is 2.05. The smallest absolute Gasteiger partial charge is 0.356 e. The van der Waals surface area contributed by atoms with Crippen LogP contribution in [0.5, 0.6) is 0 Å².